The van der Waals surface area contributed by atoms with Crippen molar-refractivity contribution in [2.75, 3.05) is 12.4 Å². The third-order valence-electron chi connectivity index (χ3n) is 3.95. The van der Waals surface area contributed by atoms with Crippen LogP contribution in [0, 0.1) is 0 Å². The first-order valence-electron chi connectivity index (χ1n) is 8.09. The average molecular weight is 424 g/mol. The zero-order chi connectivity index (χ0) is 18.8. The minimum absolute atomic E-state index is 0.248. The fourth-order valence-corrected chi connectivity index (χ4v) is 2.97. The molecule has 134 valence electrons. The van der Waals surface area contributed by atoms with Gasteiger partial charge in [-0.25, -0.2) is 4.98 Å². The maximum absolute atomic E-state index is 12.4. The van der Waals surface area contributed by atoms with E-state index in [9.17, 15) is 4.79 Å². The highest BCUT2D eigenvalue weighted by Crippen LogP contribution is 2.27. The van der Waals surface area contributed by atoms with Crippen LogP contribution in [0.5, 0.6) is 5.75 Å². The molecule has 2 aromatic heterocycles. The molecule has 0 aliphatic rings. The molecule has 0 atom stereocenters. The van der Waals surface area contributed by atoms with E-state index in [1.54, 1.807) is 37.6 Å². The summed E-state index contributed by atoms with van der Waals surface area (Å²) in [7, 11) is 1.62. The molecule has 4 rings (SSSR count). The number of rotatable bonds is 4. The van der Waals surface area contributed by atoms with E-state index in [4.69, 9.17) is 9.15 Å². The molecule has 0 saturated carbocycles. The van der Waals surface area contributed by atoms with Crippen LogP contribution in [0.2, 0.25) is 0 Å². The summed E-state index contributed by atoms with van der Waals surface area (Å²) in [5, 5.41) is 2.84. The molecule has 0 aliphatic carbocycles. The Balaban J connectivity index is 1.59. The van der Waals surface area contributed by atoms with Gasteiger partial charge in [0.25, 0.3) is 5.91 Å². The second kappa shape index (κ2) is 7.20. The molecule has 0 unspecified atom stereocenters. The van der Waals surface area contributed by atoms with E-state index in [1.165, 1.54) is 6.20 Å². The molecule has 2 heterocycles. The van der Waals surface area contributed by atoms with Crippen molar-refractivity contribution in [2.24, 2.45) is 0 Å². The van der Waals surface area contributed by atoms with Crippen molar-refractivity contribution >= 4 is 38.6 Å². The number of oxazole rings is 1. The monoisotopic (exact) mass is 423 g/mol. The number of nitrogens with one attached hydrogen (secondary N) is 1. The number of hydrogen-bond acceptors (Lipinski definition) is 5. The Morgan fingerprint density at radius 2 is 1.93 bits per heavy atom. The SMILES string of the molecule is COc1ccc(-c2nc3cc(NC(=O)c4cncc(Br)c4)ccc3o2)cc1. The number of carbonyl (C=O) groups is 1. The van der Waals surface area contributed by atoms with Gasteiger partial charge >= 0.3 is 0 Å². The van der Waals surface area contributed by atoms with Gasteiger partial charge < -0.3 is 14.5 Å². The lowest BCUT2D eigenvalue weighted by atomic mass is 10.2. The summed E-state index contributed by atoms with van der Waals surface area (Å²) in [6, 6.07) is 14.5. The summed E-state index contributed by atoms with van der Waals surface area (Å²) >= 11 is 3.31. The van der Waals surface area contributed by atoms with E-state index >= 15 is 0 Å². The summed E-state index contributed by atoms with van der Waals surface area (Å²) in [5.41, 5.74) is 3.23. The van der Waals surface area contributed by atoms with E-state index in [0.717, 1.165) is 15.8 Å². The van der Waals surface area contributed by atoms with Gasteiger partial charge in [-0.3, -0.25) is 9.78 Å². The van der Waals surface area contributed by atoms with Gasteiger partial charge in [-0.1, -0.05) is 0 Å². The smallest absolute Gasteiger partial charge is 0.257 e. The Hall–Kier alpha value is -3.19. The quantitative estimate of drug-likeness (QED) is 0.504. The number of carbonyl (C=O) groups excluding carboxylic acids is 1. The third-order valence-corrected chi connectivity index (χ3v) is 4.38. The molecule has 0 aliphatic heterocycles. The Labute approximate surface area is 163 Å². The number of ether oxygens (including phenoxy) is 1. The van der Waals surface area contributed by atoms with Crippen molar-refractivity contribution in [3.8, 4) is 17.2 Å². The van der Waals surface area contributed by atoms with E-state index in [0.29, 0.717) is 28.2 Å². The van der Waals surface area contributed by atoms with E-state index < -0.39 is 0 Å². The molecule has 7 heteroatoms. The first-order valence-corrected chi connectivity index (χ1v) is 8.88. The van der Waals surface area contributed by atoms with Crippen molar-refractivity contribution < 1.29 is 13.9 Å². The second-order valence-corrected chi connectivity index (χ2v) is 6.69. The van der Waals surface area contributed by atoms with Gasteiger partial charge in [0, 0.05) is 28.1 Å². The number of pyridine rings is 1. The molecule has 2 aromatic carbocycles. The summed E-state index contributed by atoms with van der Waals surface area (Å²) in [6.45, 7) is 0. The normalized spacial score (nSPS) is 10.7. The van der Waals surface area contributed by atoms with Gasteiger partial charge in [-0.2, -0.15) is 0 Å². The number of nitrogens with zero attached hydrogens (tertiary/aromatic N) is 2. The van der Waals surface area contributed by atoms with Gasteiger partial charge in [-0.05, 0) is 64.5 Å². The molecule has 0 radical (unpaired) electrons. The molecule has 27 heavy (non-hydrogen) atoms. The van der Waals surface area contributed by atoms with E-state index in [2.05, 4.69) is 31.2 Å². The number of methoxy groups -OCH3 is 1. The molecule has 1 N–H and O–H groups in total. The Morgan fingerprint density at radius 1 is 1.11 bits per heavy atom. The molecular formula is C20H14BrN3O3. The maximum atomic E-state index is 12.4. The molecule has 4 aromatic rings. The second-order valence-electron chi connectivity index (χ2n) is 5.78. The number of hydrogen-bond donors (Lipinski definition) is 1. The van der Waals surface area contributed by atoms with Gasteiger partial charge in [0.2, 0.25) is 5.89 Å². The number of fused-ring (bicyclic) bond motifs is 1. The summed E-state index contributed by atoms with van der Waals surface area (Å²) in [6.07, 6.45) is 3.13. The number of benzene rings is 2. The van der Waals surface area contributed by atoms with Crippen LogP contribution in [-0.4, -0.2) is 23.0 Å². The Kier molecular flexibility index (Phi) is 4.60. The van der Waals surface area contributed by atoms with E-state index in [1.807, 2.05) is 24.3 Å². The lowest BCUT2D eigenvalue weighted by molar-refractivity contribution is 0.102. The lowest BCUT2D eigenvalue weighted by Gasteiger charge is -2.04. The molecule has 0 fully saturated rings. The first kappa shape index (κ1) is 17.2. The molecule has 1 amide bonds. The van der Waals surface area contributed by atoms with Crippen molar-refractivity contribution in [2.45, 2.75) is 0 Å². The first-order chi connectivity index (χ1) is 13.1. The highest BCUT2D eigenvalue weighted by atomic mass is 79.9. The molecular weight excluding hydrogens is 410 g/mol. The largest absolute Gasteiger partial charge is 0.497 e. The standard InChI is InChI=1S/C20H14BrN3O3/c1-26-16-5-2-12(3-6-16)20-24-17-9-15(4-7-18(17)27-20)23-19(25)13-8-14(21)11-22-10-13/h2-11H,1H3,(H,23,25). The summed E-state index contributed by atoms with van der Waals surface area (Å²) < 4.78 is 11.7. The van der Waals surface area contributed by atoms with Crippen molar-refractivity contribution in [1.29, 1.82) is 0 Å². The minimum Gasteiger partial charge on any atom is -0.497 e. The summed E-state index contributed by atoms with van der Waals surface area (Å²) in [4.78, 5) is 20.9. The molecule has 0 saturated heterocycles. The van der Waals surface area contributed by atoms with E-state index in [-0.39, 0.29) is 5.91 Å². The van der Waals surface area contributed by atoms with Gasteiger partial charge in [0.15, 0.2) is 5.58 Å². The topological polar surface area (TPSA) is 77.2 Å². The third kappa shape index (κ3) is 3.68. The number of amides is 1. The summed E-state index contributed by atoms with van der Waals surface area (Å²) in [5.74, 6) is 1.02. The Morgan fingerprint density at radius 3 is 2.67 bits per heavy atom. The predicted octanol–water partition coefficient (Wildman–Crippen LogP) is 4.91. The van der Waals surface area contributed by atoms with Gasteiger partial charge in [0.1, 0.15) is 11.3 Å². The van der Waals surface area contributed by atoms with Crippen LogP contribution >= 0.6 is 15.9 Å². The van der Waals surface area contributed by atoms with Crippen LogP contribution in [0.3, 0.4) is 0 Å². The minimum atomic E-state index is -0.248. The number of aromatic nitrogens is 2. The zero-order valence-corrected chi connectivity index (χ0v) is 15.9. The predicted molar refractivity (Wildman–Crippen MR) is 106 cm³/mol. The van der Waals surface area contributed by atoms with Crippen LogP contribution in [0.15, 0.2) is 69.8 Å². The van der Waals surface area contributed by atoms with Gasteiger partial charge in [0.05, 0.1) is 12.7 Å². The van der Waals surface area contributed by atoms with Crippen molar-refractivity contribution in [3.63, 3.8) is 0 Å². The maximum Gasteiger partial charge on any atom is 0.257 e. The molecule has 0 spiro atoms. The highest BCUT2D eigenvalue weighted by Gasteiger charge is 2.11. The van der Waals surface area contributed by atoms with Crippen LogP contribution in [0.1, 0.15) is 10.4 Å². The number of halogens is 1. The lowest BCUT2D eigenvalue weighted by Crippen LogP contribution is -2.12. The zero-order valence-electron chi connectivity index (χ0n) is 14.3. The van der Waals surface area contributed by atoms with Crippen LogP contribution in [0.4, 0.5) is 5.69 Å². The fraction of sp³-hybridized carbons (Fsp3) is 0.0500. The van der Waals surface area contributed by atoms with Crippen LogP contribution in [0.25, 0.3) is 22.6 Å². The van der Waals surface area contributed by atoms with Crippen molar-refractivity contribution in [3.05, 3.63) is 71.0 Å². The van der Waals surface area contributed by atoms with Gasteiger partial charge in [-0.15, -0.1) is 0 Å². The van der Waals surface area contributed by atoms with Crippen LogP contribution in [-0.2, 0) is 0 Å². The highest BCUT2D eigenvalue weighted by molar-refractivity contribution is 9.10. The molecule has 0 bridgehead atoms. The number of anilines is 1. The average Bonchev–Trinajstić information content (AvgIpc) is 3.11. The van der Waals surface area contributed by atoms with Crippen molar-refractivity contribution in [1.82, 2.24) is 9.97 Å². The van der Waals surface area contributed by atoms with Crippen LogP contribution < -0.4 is 10.1 Å². The molecule has 6 nitrogen and oxygen atoms in total. The Bertz CT molecular complexity index is 1120. The fourth-order valence-electron chi connectivity index (χ4n) is 2.60.